The minimum Gasteiger partial charge on any atom is -0.468 e. The van der Waals surface area contributed by atoms with Crippen LogP contribution in [0.15, 0.2) is 72.8 Å². The summed E-state index contributed by atoms with van der Waals surface area (Å²) in [4.78, 5) is 68.4. The molecule has 10 heteroatoms. The lowest BCUT2D eigenvalue weighted by molar-refractivity contribution is -0.169. The molecule has 0 atom stereocenters. The molecule has 0 unspecified atom stereocenters. The number of esters is 1. The fraction of sp³-hybridized carbons (Fsp3) is 0.207. The number of hydrogen-bond acceptors (Lipinski definition) is 8. The van der Waals surface area contributed by atoms with Crippen molar-refractivity contribution in [2.75, 3.05) is 26.8 Å². The van der Waals surface area contributed by atoms with Crippen LogP contribution in [0.1, 0.15) is 44.2 Å². The lowest BCUT2D eigenvalue weighted by Crippen LogP contribution is -2.39. The maximum absolute atomic E-state index is 13.0. The highest BCUT2D eigenvalue weighted by atomic mass is 16.7. The van der Waals surface area contributed by atoms with E-state index in [0.717, 1.165) is 27.2 Å². The number of methoxy groups -OCH3 is 1. The number of hydroxylamine groups is 2. The van der Waals surface area contributed by atoms with Gasteiger partial charge >= 0.3 is 18.0 Å². The molecule has 198 valence electrons. The van der Waals surface area contributed by atoms with E-state index in [-0.39, 0.29) is 30.2 Å². The first kappa shape index (κ1) is 25.7. The minimum absolute atomic E-state index is 0.0179. The predicted octanol–water partition coefficient (Wildman–Crippen LogP) is 3.56. The largest absolute Gasteiger partial charge is 0.468 e. The Morgan fingerprint density at radius 1 is 0.769 bits per heavy atom. The Morgan fingerprint density at radius 3 is 1.82 bits per heavy atom. The summed E-state index contributed by atoms with van der Waals surface area (Å²) in [5.41, 5.74) is 4.43. The number of imide groups is 1. The first-order chi connectivity index (χ1) is 18.9. The molecule has 0 spiro atoms. The predicted molar refractivity (Wildman–Crippen MR) is 136 cm³/mol. The third-order valence-electron chi connectivity index (χ3n) is 6.68. The standard InChI is InChI=1S/C29H24N2O8/c1-37-26(33)16-30(15-14-25(32)39-31-27(34)22-12-6-7-13-23(22)28(31)35)29(36)38-17-24-20-10-4-2-8-18(20)19-9-3-5-11-21(19)24/h2-13,24H,14-17H2,1H3. The molecular weight excluding hydrogens is 504 g/mol. The van der Waals surface area contributed by atoms with Crippen molar-refractivity contribution in [1.82, 2.24) is 9.96 Å². The summed E-state index contributed by atoms with van der Waals surface area (Å²) >= 11 is 0. The van der Waals surface area contributed by atoms with Crippen LogP contribution in [-0.2, 0) is 23.9 Å². The van der Waals surface area contributed by atoms with Crippen molar-refractivity contribution in [2.24, 2.45) is 0 Å². The van der Waals surface area contributed by atoms with Gasteiger partial charge in [0, 0.05) is 12.5 Å². The van der Waals surface area contributed by atoms with Gasteiger partial charge in [-0.3, -0.25) is 19.3 Å². The van der Waals surface area contributed by atoms with Crippen LogP contribution in [-0.4, -0.2) is 66.6 Å². The first-order valence-electron chi connectivity index (χ1n) is 12.2. The zero-order valence-corrected chi connectivity index (χ0v) is 21.0. The normalized spacial score (nSPS) is 13.4. The second kappa shape index (κ2) is 10.8. The van der Waals surface area contributed by atoms with Gasteiger partial charge in [-0.15, -0.1) is 0 Å². The van der Waals surface area contributed by atoms with Gasteiger partial charge in [-0.05, 0) is 34.4 Å². The molecule has 10 nitrogen and oxygen atoms in total. The summed E-state index contributed by atoms with van der Waals surface area (Å²) < 4.78 is 10.3. The van der Waals surface area contributed by atoms with Crippen molar-refractivity contribution in [2.45, 2.75) is 12.3 Å². The molecule has 1 aliphatic carbocycles. The Hall–Kier alpha value is -4.99. The molecule has 2 aliphatic rings. The van der Waals surface area contributed by atoms with E-state index in [0.29, 0.717) is 5.06 Å². The minimum atomic E-state index is -0.939. The fourth-order valence-corrected chi connectivity index (χ4v) is 4.76. The summed E-state index contributed by atoms with van der Waals surface area (Å²) in [6, 6.07) is 21.8. The smallest absolute Gasteiger partial charge is 0.410 e. The lowest BCUT2D eigenvalue weighted by Gasteiger charge is -2.22. The van der Waals surface area contributed by atoms with E-state index in [1.54, 1.807) is 12.1 Å². The van der Waals surface area contributed by atoms with Crippen LogP contribution in [0.2, 0.25) is 0 Å². The van der Waals surface area contributed by atoms with Gasteiger partial charge in [0.2, 0.25) is 0 Å². The number of carbonyl (C=O) groups excluding carboxylic acids is 5. The Kier molecular flexibility index (Phi) is 7.09. The van der Waals surface area contributed by atoms with E-state index in [1.165, 1.54) is 19.2 Å². The molecule has 1 heterocycles. The summed E-state index contributed by atoms with van der Waals surface area (Å²) in [6.07, 6.45) is -1.23. The van der Waals surface area contributed by atoms with Crippen LogP contribution >= 0.6 is 0 Å². The van der Waals surface area contributed by atoms with Gasteiger partial charge in [0.25, 0.3) is 11.8 Å². The van der Waals surface area contributed by atoms with E-state index in [2.05, 4.69) is 4.74 Å². The van der Waals surface area contributed by atoms with E-state index < -0.39 is 42.8 Å². The van der Waals surface area contributed by atoms with Gasteiger partial charge < -0.3 is 14.3 Å². The highest BCUT2D eigenvalue weighted by Crippen LogP contribution is 2.44. The maximum atomic E-state index is 13.0. The monoisotopic (exact) mass is 528 g/mol. The fourth-order valence-electron chi connectivity index (χ4n) is 4.76. The first-order valence-corrected chi connectivity index (χ1v) is 12.2. The third-order valence-corrected chi connectivity index (χ3v) is 6.68. The zero-order chi connectivity index (χ0) is 27.5. The van der Waals surface area contributed by atoms with Crippen LogP contribution in [0.25, 0.3) is 11.1 Å². The summed E-state index contributed by atoms with van der Waals surface area (Å²) in [5, 5.41) is 0.394. The number of carbonyl (C=O) groups is 5. The number of amides is 3. The highest BCUT2D eigenvalue weighted by Gasteiger charge is 2.38. The number of ether oxygens (including phenoxy) is 2. The third kappa shape index (κ3) is 4.96. The summed E-state index contributed by atoms with van der Waals surface area (Å²) in [7, 11) is 1.18. The topological polar surface area (TPSA) is 120 Å². The number of rotatable bonds is 8. The second-order valence-electron chi connectivity index (χ2n) is 8.97. The number of fused-ring (bicyclic) bond motifs is 4. The van der Waals surface area contributed by atoms with Crippen LogP contribution < -0.4 is 0 Å². The van der Waals surface area contributed by atoms with Gasteiger partial charge in [-0.25, -0.2) is 9.59 Å². The lowest BCUT2D eigenvalue weighted by atomic mass is 9.98. The molecule has 0 fully saturated rings. The molecule has 5 rings (SSSR count). The zero-order valence-electron chi connectivity index (χ0n) is 21.0. The van der Waals surface area contributed by atoms with Crippen molar-refractivity contribution in [1.29, 1.82) is 0 Å². The van der Waals surface area contributed by atoms with Crippen LogP contribution in [0.5, 0.6) is 0 Å². The van der Waals surface area contributed by atoms with Gasteiger partial charge in [0.15, 0.2) is 0 Å². The van der Waals surface area contributed by atoms with Crippen molar-refractivity contribution in [3.63, 3.8) is 0 Å². The average molecular weight is 529 g/mol. The van der Waals surface area contributed by atoms with Gasteiger partial charge in [0.05, 0.1) is 24.7 Å². The molecule has 3 aromatic rings. The molecule has 0 radical (unpaired) electrons. The van der Waals surface area contributed by atoms with Gasteiger partial charge in [-0.2, -0.15) is 0 Å². The number of hydrogen-bond donors (Lipinski definition) is 0. The molecule has 0 N–H and O–H groups in total. The van der Waals surface area contributed by atoms with Crippen molar-refractivity contribution in [3.8, 4) is 11.1 Å². The summed E-state index contributed by atoms with van der Waals surface area (Å²) in [5.74, 6) is -3.36. The average Bonchev–Trinajstić information content (AvgIpc) is 3.41. The van der Waals surface area contributed by atoms with Crippen LogP contribution in [0, 0.1) is 0 Å². The van der Waals surface area contributed by atoms with E-state index >= 15 is 0 Å². The van der Waals surface area contributed by atoms with E-state index in [1.807, 2.05) is 48.5 Å². The molecular formula is C29H24N2O8. The van der Waals surface area contributed by atoms with E-state index in [9.17, 15) is 24.0 Å². The number of nitrogens with zero attached hydrogens (tertiary/aromatic N) is 2. The Labute approximate surface area is 223 Å². The van der Waals surface area contributed by atoms with Crippen molar-refractivity contribution < 1.29 is 38.3 Å². The quantitative estimate of drug-likeness (QED) is 0.322. The molecule has 3 aromatic carbocycles. The Morgan fingerprint density at radius 2 is 1.28 bits per heavy atom. The molecule has 3 amide bonds. The molecule has 0 saturated heterocycles. The van der Waals surface area contributed by atoms with Crippen LogP contribution in [0.3, 0.4) is 0 Å². The van der Waals surface area contributed by atoms with Gasteiger partial charge in [-0.1, -0.05) is 65.7 Å². The molecule has 39 heavy (non-hydrogen) atoms. The summed E-state index contributed by atoms with van der Waals surface area (Å²) in [6.45, 7) is -0.717. The van der Waals surface area contributed by atoms with Crippen molar-refractivity contribution >= 4 is 29.8 Å². The SMILES string of the molecule is COC(=O)CN(CCC(=O)ON1C(=O)c2ccccc2C1=O)C(=O)OCC1c2ccccc2-c2ccccc21. The number of benzene rings is 3. The van der Waals surface area contributed by atoms with Crippen molar-refractivity contribution in [3.05, 3.63) is 95.1 Å². The van der Waals surface area contributed by atoms with Crippen LogP contribution in [0.4, 0.5) is 4.79 Å². The molecule has 0 bridgehead atoms. The Bertz CT molecular complexity index is 1400. The second-order valence-corrected chi connectivity index (χ2v) is 8.97. The Balaban J connectivity index is 1.22. The molecule has 0 aromatic heterocycles. The maximum Gasteiger partial charge on any atom is 0.410 e. The highest BCUT2D eigenvalue weighted by molar-refractivity contribution is 6.20. The van der Waals surface area contributed by atoms with Gasteiger partial charge in [0.1, 0.15) is 13.2 Å². The molecule has 0 saturated carbocycles. The van der Waals surface area contributed by atoms with E-state index in [4.69, 9.17) is 9.57 Å². The molecule has 1 aliphatic heterocycles.